The molecule has 0 saturated heterocycles. The number of hydrogen-bond donors (Lipinski definition) is 0. The number of amides is 1. The molecule has 15 heavy (non-hydrogen) atoms. The molecule has 0 aliphatic carbocycles. The average Bonchev–Trinajstić information content (AvgIpc) is 2.27. The number of nitrogens with zero attached hydrogens (tertiary/aromatic N) is 1. The van der Waals surface area contributed by atoms with E-state index in [0.29, 0.717) is 10.6 Å². The first-order valence-corrected chi connectivity index (χ1v) is 4.76. The molecule has 2 rings (SSSR count). The molecule has 1 aliphatic heterocycles. The van der Waals surface area contributed by atoms with Crippen molar-refractivity contribution in [3.05, 3.63) is 34.8 Å². The molecule has 0 saturated carbocycles. The van der Waals surface area contributed by atoms with Crippen LogP contribution in [0.1, 0.15) is 13.8 Å². The molecular weight excluding hydrogens is 190 g/mol. The van der Waals surface area contributed by atoms with Gasteiger partial charge < -0.3 is 0 Å². The maximum atomic E-state index is 11.8. The van der Waals surface area contributed by atoms with Crippen molar-refractivity contribution in [2.45, 2.75) is 13.8 Å². The van der Waals surface area contributed by atoms with E-state index in [1.807, 2.05) is 6.07 Å². The van der Waals surface area contributed by atoms with Crippen LogP contribution < -0.4 is 10.6 Å². The fourth-order valence-corrected chi connectivity index (χ4v) is 1.39. The molecule has 3 nitrogen and oxygen atoms in total. The molecule has 1 heterocycles. The molecule has 1 aromatic rings. The van der Waals surface area contributed by atoms with E-state index in [1.54, 1.807) is 32.0 Å². The van der Waals surface area contributed by atoms with Gasteiger partial charge in [-0.05, 0) is 26.0 Å². The highest BCUT2D eigenvalue weighted by Gasteiger charge is 2.35. The van der Waals surface area contributed by atoms with E-state index in [-0.39, 0.29) is 11.7 Å². The third-order valence-corrected chi connectivity index (χ3v) is 2.60. The van der Waals surface area contributed by atoms with Crippen molar-refractivity contribution in [3.8, 4) is 0 Å². The zero-order chi connectivity index (χ0) is 11.1. The van der Waals surface area contributed by atoms with Gasteiger partial charge in [-0.2, -0.15) is 0 Å². The Morgan fingerprint density at radius 3 is 2.53 bits per heavy atom. The summed E-state index contributed by atoms with van der Waals surface area (Å²) < 4.78 is 0. The van der Waals surface area contributed by atoms with E-state index in [0.717, 1.165) is 0 Å². The highest BCUT2D eigenvalue weighted by Crippen LogP contribution is 2.19. The van der Waals surface area contributed by atoms with Crippen molar-refractivity contribution in [1.29, 1.82) is 0 Å². The van der Waals surface area contributed by atoms with Crippen LogP contribution in [0.3, 0.4) is 0 Å². The summed E-state index contributed by atoms with van der Waals surface area (Å²) in [6.07, 6.45) is 1.49. The molecule has 0 bridgehead atoms. The molecule has 0 atom stereocenters. The Morgan fingerprint density at radius 2 is 1.80 bits per heavy atom. The number of carbonyl (C=O) groups excluding carboxylic acids is 2. The number of fused-ring (bicyclic) bond motifs is 1. The standard InChI is InChI=1S/C12H11NO2/c1-12(2)10(14)7-8-5-3-4-6-9(8)13-11(12)15/h3-7H,1-2H3. The molecular formula is C12H11NO2. The molecule has 1 aliphatic rings. The van der Waals surface area contributed by atoms with E-state index in [4.69, 9.17) is 0 Å². The quantitative estimate of drug-likeness (QED) is 0.564. The lowest BCUT2D eigenvalue weighted by molar-refractivity contribution is -0.134. The Kier molecular flexibility index (Phi) is 2.03. The topological polar surface area (TPSA) is 46.5 Å². The van der Waals surface area contributed by atoms with Gasteiger partial charge in [0.1, 0.15) is 5.41 Å². The van der Waals surface area contributed by atoms with Gasteiger partial charge in [-0.25, -0.2) is 4.99 Å². The molecule has 1 amide bonds. The Labute approximate surface area is 87.1 Å². The first-order valence-electron chi connectivity index (χ1n) is 4.76. The Hall–Kier alpha value is -1.77. The summed E-state index contributed by atoms with van der Waals surface area (Å²) in [5, 5.41) is 1.28. The van der Waals surface area contributed by atoms with Crippen molar-refractivity contribution in [3.63, 3.8) is 0 Å². The minimum absolute atomic E-state index is 0.193. The summed E-state index contributed by atoms with van der Waals surface area (Å²) in [7, 11) is 0. The van der Waals surface area contributed by atoms with Crippen LogP contribution in [0.15, 0.2) is 29.3 Å². The summed E-state index contributed by atoms with van der Waals surface area (Å²) >= 11 is 0. The minimum Gasteiger partial charge on any atom is -0.294 e. The minimum atomic E-state index is -1.04. The number of ketones is 1. The number of benzene rings is 1. The molecule has 0 unspecified atom stereocenters. The van der Waals surface area contributed by atoms with Gasteiger partial charge >= 0.3 is 0 Å². The van der Waals surface area contributed by atoms with Crippen LogP contribution in [-0.4, -0.2) is 11.7 Å². The van der Waals surface area contributed by atoms with Gasteiger partial charge in [0.25, 0.3) is 5.91 Å². The summed E-state index contributed by atoms with van der Waals surface area (Å²) in [4.78, 5) is 27.4. The summed E-state index contributed by atoms with van der Waals surface area (Å²) in [6, 6.07) is 7.14. The van der Waals surface area contributed by atoms with Gasteiger partial charge in [0.2, 0.25) is 0 Å². The molecule has 0 radical (unpaired) electrons. The summed E-state index contributed by atoms with van der Waals surface area (Å²) in [5.41, 5.74) is -1.04. The molecule has 1 aromatic carbocycles. The van der Waals surface area contributed by atoms with Crippen molar-refractivity contribution < 1.29 is 9.59 Å². The van der Waals surface area contributed by atoms with Crippen LogP contribution in [0.4, 0.5) is 0 Å². The number of carbonyl (C=O) groups is 2. The van der Waals surface area contributed by atoms with Crippen LogP contribution in [-0.2, 0) is 9.59 Å². The van der Waals surface area contributed by atoms with Gasteiger partial charge in [-0.3, -0.25) is 9.59 Å². The highest BCUT2D eigenvalue weighted by atomic mass is 16.2. The third kappa shape index (κ3) is 1.50. The van der Waals surface area contributed by atoms with Gasteiger partial charge in [-0.1, -0.05) is 18.2 Å². The highest BCUT2D eigenvalue weighted by molar-refractivity contribution is 6.20. The van der Waals surface area contributed by atoms with Crippen LogP contribution in [0, 0.1) is 5.41 Å². The van der Waals surface area contributed by atoms with Crippen molar-refractivity contribution >= 4 is 17.8 Å². The predicted molar refractivity (Wildman–Crippen MR) is 55.5 cm³/mol. The maximum Gasteiger partial charge on any atom is 0.259 e. The zero-order valence-electron chi connectivity index (χ0n) is 8.65. The van der Waals surface area contributed by atoms with Crippen LogP contribution >= 0.6 is 0 Å². The van der Waals surface area contributed by atoms with Gasteiger partial charge in [0.05, 0.1) is 5.36 Å². The molecule has 3 heteroatoms. The largest absolute Gasteiger partial charge is 0.294 e. The van der Waals surface area contributed by atoms with E-state index in [1.165, 1.54) is 6.08 Å². The molecule has 0 fully saturated rings. The van der Waals surface area contributed by atoms with Crippen molar-refractivity contribution in [1.82, 2.24) is 0 Å². The fraction of sp³-hybridized carbons (Fsp3) is 0.250. The summed E-state index contributed by atoms with van der Waals surface area (Å²) in [5.74, 6) is -0.574. The number of para-hydroxylation sites is 1. The van der Waals surface area contributed by atoms with Crippen LogP contribution in [0.5, 0.6) is 0 Å². The Balaban J connectivity index is 2.82. The van der Waals surface area contributed by atoms with E-state index < -0.39 is 5.41 Å². The average molecular weight is 201 g/mol. The van der Waals surface area contributed by atoms with Crippen LogP contribution in [0.2, 0.25) is 0 Å². The Morgan fingerprint density at radius 1 is 1.13 bits per heavy atom. The summed E-state index contributed by atoms with van der Waals surface area (Å²) in [6.45, 7) is 3.20. The Bertz CT molecular complexity index is 506. The molecule has 0 aromatic heterocycles. The van der Waals surface area contributed by atoms with E-state index in [2.05, 4.69) is 4.99 Å². The van der Waals surface area contributed by atoms with Gasteiger partial charge in [0.15, 0.2) is 5.78 Å². The normalized spacial score (nSPS) is 18.5. The lowest BCUT2D eigenvalue weighted by Crippen LogP contribution is -2.30. The second kappa shape index (κ2) is 3.12. The monoisotopic (exact) mass is 201 g/mol. The zero-order valence-corrected chi connectivity index (χ0v) is 8.65. The van der Waals surface area contributed by atoms with E-state index in [9.17, 15) is 9.59 Å². The van der Waals surface area contributed by atoms with Gasteiger partial charge in [0, 0.05) is 5.22 Å². The maximum absolute atomic E-state index is 11.8. The van der Waals surface area contributed by atoms with Crippen LogP contribution in [0.25, 0.3) is 6.08 Å². The molecule has 0 N–H and O–H groups in total. The number of hydrogen-bond acceptors (Lipinski definition) is 2. The molecule has 0 spiro atoms. The number of rotatable bonds is 0. The lowest BCUT2D eigenvalue weighted by Gasteiger charge is -2.14. The number of Topliss-reactive ketones (excluding diaryl/α,β-unsaturated/α-hetero) is 1. The van der Waals surface area contributed by atoms with Crippen molar-refractivity contribution in [2.75, 3.05) is 0 Å². The predicted octanol–water partition coefficient (Wildman–Crippen LogP) is 0.222. The smallest absolute Gasteiger partial charge is 0.259 e. The fourth-order valence-electron chi connectivity index (χ4n) is 1.39. The second-order valence-electron chi connectivity index (χ2n) is 4.11. The second-order valence-corrected chi connectivity index (χ2v) is 4.11. The molecule has 76 valence electrons. The first-order chi connectivity index (χ1) is 7.01. The first kappa shape index (κ1) is 9.77. The third-order valence-electron chi connectivity index (χ3n) is 2.60. The van der Waals surface area contributed by atoms with Gasteiger partial charge in [-0.15, -0.1) is 0 Å². The lowest BCUT2D eigenvalue weighted by atomic mass is 9.87. The van der Waals surface area contributed by atoms with E-state index >= 15 is 0 Å². The van der Waals surface area contributed by atoms with Crippen molar-refractivity contribution in [2.24, 2.45) is 10.4 Å². The SMILES string of the molecule is CC1(C)C(=O)C=c2ccccc2=NC1=O.